The van der Waals surface area contributed by atoms with Crippen molar-refractivity contribution >= 4 is 11.8 Å². The van der Waals surface area contributed by atoms with Crippen molar-refractivity contribution < 1.29 is 9.59 Å². The summed E-state index contributed by atoms with van der Waals surface area (Å²) in [5, 5.41) is 0. The Labute approximate surface area is 112 Å². The van der Waals surface area contributed by atoms with Crippen LogP contribution in [-0.4, -0.2) is 36.3 Å². The van der Waals surface area contributed by atoms with E-state index >= 15 is 0 Å². The van der Waals surface area contributed by atoms with Gasteiger partial charge in [-0.25, -0.2) is 0 Å². The Bertz CT molecular complexity index is 529. The Hall–Kier alpha value is -2.32. The van der Waals surface area contributed by atoms with Gasteiger partial charge in [0, 0.05) is 12.1 Å². The lowest BCUT2D eigenvalue weighted by atomic mass is 10.1. The van der Waals surface area contributed by atoms with E-state index < -0.39 is 5.91 Å². The average molecular weight is 259 g/mol. The first-order valence-corrected chi connectivity index (χ1v) is 5.95. The number of hydrogen-bond acceptors (Lipinski definition) is 3. The molecule has 100 valence electrons. The fourth-order valence-corrected chi connectivity index (χ4v) is 1.61. The Morgan fingerprint density at radius 2 is 2.00 bits per heavy atom. The molecule has 0 aliphatic rings. The topological polar surface area (TPSA) is 89.4 Å². The Balaban J connectivity index is 3.07. The first kappa shape index (κ1) is 14.7. The lowest BCUT2D eigenvalue weighted by Gasteiger charge is -2.19. The lowest BCUT2D eigenvalue weighted by molar-refractivity contribution is -0.118. The van der Waals surface area contributed by atoms with Crippen LogP contribution in [0.4, 0.5) is 0 Å². The molecule has 0 spiro atoms. The zero-order valence-electron chi connectivity index (χ0n) is 10.8. The molecule has 1 aromatic rings. The number of carbonyl (C=O) groups excluding carboxylic acids is 2. The number of carbonyl (C=O) groups is 2. The highest BCUT2D eigenvalue weighted by atomic mass is 16.2. The van der Waals surface area contributed by atoms with Gasteiger partial charge in [0.25, 0.3) is 5.91 Å². The number of nitrogens with two attached hydrogens (primary N) is 2. The molecule has 0 atom stereocenters. The van der Waals surface area contributed by atoms with E-state index in [-0.39, 0.29) is 19.0 Å². The second-order valence-corrected chi connectivity index (χ2v) is 3.84. The van der Waals surface area contributed by atoms with Crippen LogP contribution in [0.2, 0.25) is 0 Å². The van der Waals surface area contributed by atoms with E-state index in [4.69, 9.17) is 11.5 Å². The second-order valence-electron chi connectivity index (χ2n) is 3.84. The van der Waals surface area contributed by atoms with Gasteiger partial charge in [0.1, 0.15) is 0 Å². The number of primary amides is 1. The first-order chi connectivity index (χ1) is 9.10. The maximum absolute atomic E-state index is 12.3. The summed E-state index contributed by atoms with van der Waals surface area (Å²) in [4.78, 5) is 24.6. The van der Waals surface area contributed by atoms with Crippen LogP contribution in [-0.2, 0) is 4.79 Å². The van der Waals surface area contributed by atoms with Gasteiger partial charge in [0.15, 0.2) is 0 Å². The summed E-state index contributed by atoms with van der Waals surface area (Å²) in [6, 6.07) is 6.96. The molecule has 0 fully saturated rings. The van der Waals surface area contributed by atoms with Crippen molar-refractivity contribution in [2.75, 3.05) is 19.6 Å². The van der Waals surface area contributed by atoms with Crippen LogP contribution < -0.4 is 11.5 Å². The largest absolute Gasteiger partial charge is 0.368 e. The van der Waals surface area contributed by atoms with Crippen LogP contribution in [0, 0.1) is 11.8 Å². The van der Waals surface area contributed by atoms with Gasteiger partial charge in [-0.05, 0) is 19.1 Å². The predicted octanol–water partition coefficient (Wildman–Crippen LogP) is -0.0558. The summed E-state index contributed by atoms with van der Waals surface area (Å²) < 4.78 is 0. The summed E-state index contributed by atoms with van der Waals surface area (Å²) in [5.74, 6) is 4.76. The number of benzene rings is 1. The SMILES string of the molecule is CCN(CC(N)=O)C(=O)c1ccccc1C#CCN. The smallest absolute Gasteiger partial charge is 0.255 e. The summed E-state index contributed by atoms with van der Waals surface area (Å²) in [6.07, 6.45) is 0. The average Bonchev–Trinajstić information content (AvgIpc) is 2.41. The summed E-state index contributed by atoms with van der Waals surface area (Å²) in [6.45, 7) is 2.31. The molecule has 1 rings (SSSR count). The van der Waals surface area contributed by atoms with Gasteiger partial charge in [-0.3, -0.25) is 9.59 Å². The predicted molar refractivity (Wildman–Crippen MR) is 73.1 cm³/mol. The van der Waals surface area contributed by atoms with Gasteiger partial charge < -0.3 is 16.4 Å². The standard InChI is InChI=1S/C14H17N3O2/c1-2-17(10-13(16)18)14(19)12-8-4-3-6-11(12)7-5-9-15/h3-4,6,8H,2,9-10,15H2,1H3,(H2,16,18). The minimum atomic E-state index is -0.541. The third-order valence-electron chi connectivity index (χ3n) is 2.50. The van der Waals surface area contributed by atoms with E-state index in [0.717, 1.165) is 0 Å². The highest BCUT2D eigenvalue weighted by Crippen LogP contribution is 2.10. The number of amides is 2. The van der Waals surface area contributed by atoms with E-state index in [0.29, 0.717) is 17.7 Å². The van der Waals surface area contributed by atoms with E-state index in [9.17, 15) is 9.59 Å². The van der Waals surface area contributed by atoms with Crippen molar-refractivity contribution in [1.29, 1.82) is 0 Å². The van der Waals surface area contributed by atoms with Crippen LogP contribution in [0.25, 0.3) is 0 Å². The molecule has 0 aromatic heterocycles. The molecule has 5 nitrogen and oxygen atoms in total. The molecule has 0 aliphatic carbocycles. The number of hydrogen-bond donors (Lipinski definition) is 2. The second kappa shape index (κ2) is 7.19. The van der Waals surface area contributed by atoms with Crippen LogP contribution in [0.5, 0.6) is 0 Å². The van der Waals surface area contributed by atoms with E-state index in [1.807, 2.05) is 0 Å². The maximum Gasteiger partial charge on any atom is 0.255 e. The number of rotatable bonds is 4. The fourth-order valence-electron chi connectivity index (χ4n) is 1.61. The Morgan fingerprint density at radius 1 is 1.32 bits per heavy atom. The maximum atomic E-state index is 12.3. The van der Waals surface area contributed by atoms with Crippen molar-refractivity contribution in [1.82, 2.24) is 4.90 Å². The first-order valence-electron chi connectivity index (χ1n) is 5.95. The molecule has 0 bridgehead atoms. The van der Waals surface area contributed by atoms with Gasteiger partial charge in [0.2, 0.25) is 5.91 Å². The number of nitrogens with zero attached hydrogens (tertiary/aromatic N) is 1. The molecule has 5 heteroatoms. The number of likely N-dealkylation sites (N-methyl/N-ethyl adjacent to an activating group) is 1. The molecule has 0 aliphatic heterocycles. The zero-order valence-corrected chi connectivity index (χ0v) is 10.8. The van der Waals surface area contributed by atoms with Crippen molar-refractivity contribution in [3.05, 3.63) is 35.4 Å². The Kier molecular flexibility index (Phi) is 5.58. The van der Waals surface area contributed by atoms with Crippen molar-refractivity contribution in [3.8, 4) is 11.8 Å². The van der Waals surface area contributed by atoms with Gasteiger partial charge in [-0.2, -0.15) is 0 Å². The summed E-state index contributed by atoms with van der Waals surface area (Å²) >= 11 is 0. The summed E-state index contributed by atoms with van der Waals surface area (Å²) in [5.41, 5.74) is 11.5. The van der Waals surface area contributed by atoms with Crippen LogP contribution in [0.1, 0.15) is 22.8 Å². The summed E-state index contributed by atoms with van der Waals surface area (Å²) in [7, 11) is 0. The Morgan fingerprint density at radius 3 is 2.58 bits per heavy atom. The van der Waals surface area contributed by atoms with Crippen LogP contribution in [0.3, 0.4) is 0 Å². The molecule has 2 amide bonds. The molecule has 1 aromatic carbocycles. The third-order valence-corrected chi connectivity index (χ3v) is 2.50. The molecular weight excluding hydrogens is 242 g/mol. The van der Waals surface area contributed by atoms with Crippen LogP contribution in [0.15, 0.2) is 24.3 Å². The van der Waals surface area contributed by atoms with Gasteiger partial charge >= 0.3 is 0 Å². The minimum Gasteiger partial charge on any atom is -0.368 e. The third kappa shape index (κ3) is 4.12. The normalized spacial score (nSPS) is 9.37. The van der Waals surface area contributed by atoms with E-state index in [2.05, 4.69) is 11.8 Å². The quantitative estimate of drug-likeness (QED) is 0.743. The molecule has 0 heterocycles. The molecule has 4 N–H and O–H groups in total. The lowest BCUT2D eigenvalue weighted by Crippen LogP contribution is -2.38. The highest BCUT2D eigenvalue weighted by molar-refractivity contribution is 5.98. The van der Waals surface area contributed by atoms with E-state index in [1.165, 1.54) is 4.90 Å². The molecule has 0 saturated heterocycles. The van der Waals surface area contributed by atoms with Gasteiger partial charge in [0.05, 0.1) is 18.7 Å². The molecule has 0 radical (unpaired) electrons. The van der Waals surface area contributed by atoms with Crippen molar-refractivity contribution in [3.63, 3.8) is 0 Å². The van der Waals surface area contributed by atoms with Crippen molar-refractivity contribution in [2.45, 2.75) is 6.92 Å². The molecule has 19 heavy (non-hydrogen) atoms. The van der Waals surface area contributed by atoms with Crippen molar-refractivity contribution in [2.24, 2.45) is 11.5 Å². The zero-order chi connectivity index (χ0) is 14.3. The van der Waals surface area contributed by atoms with Gasteiger partial charge in [-0.15, -0.1) is 0 Å². The fraction of sp³-hybridized carbons (Fsp3) is 0.286. The van der Waals surface area contributed by atoms with Gasteiger partial charge in [-0.1, -0.05) is 24.0 Å². The monoisotopic (exact) mass is 259 g/mol. The minimum absolute atomic E-state index is 0.103. The molecular formula is C14H17N3O2. The molecule has 0 saturated carbocycles. The van der Waals surface area contributed by atoms with E-state index in [1.54, 1.807) is 31.2 Å². The van der Waals surface area contributed by atoms with Crippen LogP contribution >= 0.6 is 0 Å². The molecule has 0 unspecified atom stereocenters. The highest BCUT2D eigenvalue weighted by Gasteiger charge is 2.18.